The molecule has 0 aliphatic heterocycles. The Morgan fingerprint density at radius 1 is 0.872 bits per heavy atom. The predicted octanol–water partition coefficient (Wildman–Crippen LogP) is 8.24. The van der Waals surface area contributed by atoms with Crippen LogP contribution >= 0.6 is 0 Å². The van der Waals surface area contributed by atoms with E-state index in [0.717, 1.165) is 12.1 Å². The van der Waals surface area contributed by atoms with Gasteiger partial charge in [-0.05, 0) is 56.2 Å². The molecule has 250 valence electrons. The van der Waals surface area contributed by atoms with Gasteiger partial charge in [-0.1, -0.05) is 55.6 Å². The van der Waals surface area contributed by atoms with Crippen LogP contribution in [0.4, 0.5) is 17.6 Å². The third-order valence-electron chi connectivity index (χ3n) is 6.28. The summed E-state index contributed by atoms with van der Waals surface area (Å²) < 4.78 is 78.7. The third kappa shape index (κ3) is 9.96. The Labute approximate surface area is 271 Å². The Balaban J connectivity index is 1.90. The van der Waals surface area contributed by atoms with E-state index in [1.807, 2.05) is 0 Å². The summed E-state index contributed by atoms with van der Waals surface area (Å²) in [5.74, 6) is -2.69. The highest BCUT2D eigenvalue weighted by Crippen LogP contribution is 2.41. The molecule has 0 radical (unpaired) electrons. The van der Waals surface area contributed by atoms with Crippen molar-refractivity contribution in [3.05, 3.63) is 114 Å². The van der Waals surface area contributed by atoms with Gasteiger partial charge < -0.3 is 23.8 Å². The summed E-state index contributed by atoms with van der Waals surface area (Å²) in [5, 5.41) is 0. The van der Waals surface area contributed by atoms with Crippen LogP contribution in [-0.2, 0) is 27.1 Å². The van der Waals surface area contributed by atoms with Gasteiger partial charge >= 0.3 is 18.1 Å². The number of esters is 2. The standard InChI is InChI=1S/C36H37F4NO6/c1-8-18-44-32-29(36(38,39)40)17-13-25(31(32)34(43)47-35(3,4)5)22-46-26-14-10-23(11-15-26)24-12-16-27(30(37)20-24)28(21-41(6)7)33(42)45-19-9-2/h8-17,20-21H,1-2,18-19,22H2,3-7H3/b28-21+. The van der Waals surface area contributed by atoms with Crippen LogP contribution in [0.5, 0.6) is 11.5 Å². The molecule has 3 aromatic carbocycles. The molecule has 0 heterocycles. The first kappa shape index (κ1) is 36.4. The highest BCUT2D eigenvalue weighted by Gasteiger charge is 2.38. The summed E-state index contributed by atoms with van der Waals surface area (Å²) in [6, 6.07) is 12.9. The zero-order chi connectivity index (χ0) is 34.9. The van der Waals surface area contributed by atoms with Gasteiger partial charge in [-0.3, -0.25) is 0 Å². The second-order valence-electron chi connectivity index (χ2n) is 11.5. The fourth-order valence-corrected chi connectivity index (χ4v) is 4.33. The van der Waals surface area contributed by atoms with E-state index in [2.05, 4.69) is 13.2 Å². The van der Waals surface area contributed by atoms with Gasteiger partial charge in [0.05, 0.1) is 11.1 Å². The summed E-state index contributed by atoms with van der Waals surface area (Å²) in [5.41, 5.74) is -1.18. The molecular weight excluding hydrogens is 618 g/mol. The average Bonchev–Trinajstić information content (AvgIpc) is 2.99. The van der Waals surface area contributed by atoms with Crippen molar-refractivity contribution in [2.24, 2.45) is 0 Å². The van der Waals surface area contributed by atoms with Gasteiger partial charge in [0, 0.05) is 31.4 Å². The van der Waals surface area contributed by atoms with E-state index in [1.54, 1.807) is 70.1 Å². The topological polar surface area (TPSA) is 74.3 Å². The summed E-state index contributed by atoms with van der Waals surface area (Å²) in [7, 11) is 3.39. The molecule has 0 unspecified atom stereocenters. The minimum atomic E-state index is -4.81. The second kappa shape index (κ2) is 15.5. The van der Waals surface area contributed by atoms with E-state index < -0.39 is 46.4 Å². The summed E-state index contributed by atoms with van der Waals surface area (Å²) in [4.78, 5) is 27.3. The molecule has 0 N–H and O–H groups in total. The van der Waals surface area contributed by atoms with Gasteiger partial charge in [-0.15, -0.1) is 0 Å². The first-order chi connectivity index (χ1) is 22.1. The van der Waals surface area contributed by atoms with Crippen molar-refractivity contribution >= 4 is 17.5 Å². The minimum absolute atomic E-state index is 0.0246. The van der Waals surface area contributed by atoms with Gasteiger partial charge in [0.25, 0.3) is 0 Å². The van der Waals surface area contributed by atoms with Crippen molar-refractivity contribution in [1.29, 1.82) is 0 Å². The van der Waals surface area contributed by atoms with Gasteiger partial charge in [0.1, 0.15) is 48.3 Å². The van der Waals surface area contributed by atoms with Crippen LogP contribution in [0.25, 0.3) is 16.7 Å². The van der Waals surface area contributed by atoms with Gasteiger partial charge in [-0.2, -0.15) is 13.2 Å². The Hall–Kier alpha value is -5.06. The molecule has 0 atom stereocenters. The first-order valence-electron chi connectivity index (χ1n) is 14.4. The number of carbonyl (C=O) groups is 2. The van der Waals surface area contributed by atoms with E-state index in [0.29, 0.717) is 16.9 Å². The number of hydrogen-bond donors (Lipinski definition) is 0. The molecule has 3 rings (SSSR count). The second-order valence-corrected chi connectivity index (χ2v) is 11.5. The van der Waals surface area contributed by atoms with Gasteiger partial charge in [-0.25, -0.2) is 14.0 Å². The molecule has 0 spiro atoms. The first-order valence-corrected chi connectivity index (χ1v) is 14.4. The molecular formula is C36H37F4NO6. The molecule has 0 amide bonds. The van der Waals surface area contributed by atoms with Crippen LogP contribution in [0.15, 0.2) is 86.1 Å². The van der Waals surface area contributed by atoms with Crippen LogP contribution in [-0.4, -0.2) is 49.7 Å². The van der Waals surface area contributed by atoms with Crippen molar-refractivity contribution in [3.63, 3.8) is 0 Å². The van der Waals surface area contributed by atoms with Crippen LogP contribution in [0.1, 0.15) is 47.8 Å². The Morgan fingerprint density at radius 2 is 1.51 bits per heavy atom. The Morgan fingerprint density at radius 3 is 2.06 bits per heavy atom. The zero-order valence-electron chi connectivity index (χ0n) is 26.9. The molecule has 47 heavy (non-hydrogen) atoms. The van der Waals surface area contributed by atoms with Gasteiger partial charge in [0.2, 0.25) is 0 Å². The van der Waals surface area contributed by atoms with E-state index in [4.69, 9.17) is 18.9 Å². The Kier molecular flexibility index (Phi) is 12.0. The SMILES string of the molecule is C=CCOC(=O)/C(=C/N(C)C)c1ccc(-c2ccc(OCc3ccc(C(F)(F)F)c(OCC=C)c3C(=O)OC(C)(C)C)cc2)cc1F. The van der Waals surface area contributed by atoms with Crippen molar-refractivity contribution in [3.8, 4) is 22.6 Å². The largest absolute Gasteiger partial charge is 0.489 e. The van der Waals surface area contributed by atoms with Crippen LogP contribution < -0.4 is 9.47 Å². The maximum Gasteiger partial charge on any atom is 0.419 e. The number of halogens is 4. The number of rotatable bonds is 13. The highest BCUT2D eigenvalue weighted by molar-refractivity contribution is 6.16. The fraction of sp³-hybridized carbons (Fsp3) is 0.278. The number of ether oxygens (including phenoxy) is 4. The van der Waals surface area contributed by atoms with E-state index in [-0.39, 0.29) is 36.5 Å². The minimum Gasteiger partial charge on any atom is -0.489 e. The summed E-state index contributed by atoms with van der Waals surface area (Å²) in [6.07, 6.45) is -0.660. The number of hydrogen-bond acceptors (Lipinski definition) is 7. The van der Waals surface area contributed by atoms with Crippen molar-refractivity contribution in [2.45, 2.75) is 39.2 Å². The lowest BCUT2D eigenvalue weighted by atomic mass is 9.99. The zero-order valence-corrected chi connectivity index (χ0v) is 26.9. The number of alkyl halides is 3. The number of carbonyl (C=O) groups excluding carboxylic acids is 2. The summed E-state index contributed by atoms with van der Waals surface area (Å²) in [6.45, 7) is 11.2. The number of benzene rings is 3. The molecule has 0 aromatic heterocycles. The van der Waals surface area contributed by atoms with Crippen molar-refractivity contribution < 1.29 is 46.1 Å². The quantitative estimate of drug-likeness (QED) is 0.0795. The molecule has 7 nitrogen and oxygen atoms in total. The molecule has 0 aliphatic carbocycles. The lowest BCUT2D eigenvalue weighted by molar-refractivity contribution is -0.139. The van der Waals surface area contributed by atoms with Crippen LogP contribution in [0, 0.1) is 5.82 Å². The predicted molar refractivity (Wildman–Crippen MR) is 171 cm³/mol. The third-order valence-corrected chi connectivity index (χ3v) is 6.28. The molecule has 0 bridgehead atoms. The smallest absolute Gasteiger partial charge is 0.419 e. The number of nitrogens with zero attached hydrogens (tertiary/aromatic N) is 1. The monoisotopic (exact) mass is 655 g/mol. The Bertz CT molecular complexity index is 1640. The lowest BCUT2D eigenvalue weighted by Crippen LogP contribution is -2.26. The fourth-order valence-electron chi connectivity index (χ4n) is 4.33. The molecule has 0 saturated heterocycles. The molecule has 0 saturated carbocycles. The molecule has 3 aromatic rings. The van der Waals surface area contributed by atoms with Crippen molar-refractivity contribution in [1.82, 2.24) is 4.90 Å². The van der Waals surface area contributed by atoms with E-state index in [1.165, 1.54) is 30.5 Å². The lowest BCUT2D eigenvalue weighted by Gasteiger charge is -2.24. The van der Waals surface area contributed by atoms with Crippen LogP contribution in [0.3, 0.4) is 0 Å². The van der Waals surface area contributed by atoms with Crippen LogP contribution in [0.2, 0.25) is 0 Å². The summed E-state index contributed by atoms with van der Waals surface area (Å²) >= 11 is 0. The normalized spacial score (nSPS) is 11.8. The maximum atomic E-state index is 15.3. The maximum absolute atomic E-state index is 15.3. The van der Waals surface area contributed by atoms with E-state index in [9.17, 15) is 22.8 Å². The highest BCUT2D eigenvalue weighted by atomic mass is 19.4. The molecule has 0 fully saturated rings. The van der Waals surface area contributed by atoms with Gasteiger partial charge in [0.15, 0.2) is 0 Å². The molecule has 0 aliphatic rings. The molecule has 11 heteroatoms. The van der Waals surface area contributed by atoms with E-state index >= 15 is 4.39 Å². The average molecular weight is 656 g/mol. The van der Waals surface area contributed by atoms with Crippen molar-refractivity contribution in [2.75, 3.05) is 27.3 Å².